The zero-order chi connectivity index (χ0) is 15.8. The molecule has 5 heteroatoms. The molecule has 0 spiro atoms. The van der Waals surface area contributed by atoms with Crippen molar-refractivity contribution in [2.75, 3.05) is 6.61 Å². The van der Waals surface area contributed by atoms with Crippen molar-refractivity contribution in [2.45, 2.75) is 25.9 Å². The van der Waals surface area contributed by atoms with E-state index in [1.807, 2.05) is 30.3 Å². The fourth-order valence-corrected chi connectivity index (χ4v) is 2.04. The highest BCUT2D eigenvalue weighted by atomic mass is 16.6. The summed E-state index contributed by atoms with van der Waals surface area (Å²) in [7, 11) is 0. The fraction of sp³-hybridized carbons (Fsp3) is 0.294. The molecule has 22 heavy (non-hydrogen) atoms. The van der Waals surface area contributed by atoms with Gasteiger partial charge >= 0.3 is 0 Å². The van der Waals surface area contributed by atoms with Gasteiger partial charge in [0.1, 0.15) is 24.2 Å². The first-order chi connectivity index (χ1) is 10.7. The van der Waals surface area contributed by atoms with Crippen LogP contribution in [0.5, 0.6) is 11.5 Å². The third-order valence-corrected chi connectivity index (χ3v) is 3.14. The van der Waals surface area contributed by atoms with E-state index in [0.717, 1.165) is 18.6 Å². The monoisotopic (exact) mass is 301 g/mol. The maximum Gasteiger partial charge on any atom is 0.269 e. The van der Waals surface area contributed by atoms with Gasteiger partial charge in [-0.3, -0.25) is 10.1 Å². The van der Waals surface area contributed by atoms with Gasteiger partial charge < -0.3 is 9.47 Å². The predicted molar refractivity (Wildman–Crippen MR) is 84.4 cm³/mol. The Morgan fingerprint density at radius 2 is 1.73 bits per heavy atom. The number of hydrogen-bond acceptors (Lipinski definition) is 4. The van der Waals surface area contributed by atoms with E-state index in [-0.39, 0.29) is 11.8 Å². The minimum Gasteiger partial charge on any atom is -0.490 e. The van der Waals surface area contributed by atoms with Crippen LogP contribution in [0, 0.1) is 10.1 Å². The van der Waals surface area contributed by atoms with Crippen LogP contribution in [0.2, 0.25) is 0 Å². The highest BCUT2D eigenvalue weighted by molar-refractivity contribution is 5.36. The Balaban J connectivity index is 1.92. The number of benzene rings is 2. The van der Waals surface area contributed by atoms with Crippen molar-refractivity contribution in [3.8, 4) is 11.5 Å². The third kappa shape index (κ3) is 4.77. The average molecular weight is 301 g/mol. The van der Waals surface area contributed by atoms with Crippen LogP contribution in [0.25, 0.3) is 0 Å². The first-order valence-corrected chi connectivity index (χ1v) is 7.28. The summed E-state index contributed by atoms with van der Waals surface area (Å²) in [5.41, 5.74) is 0.0537. The number of ether oxygens (including phenoxy) is 2. The van der Waals surface area contributed by atoms with Gasteiger partial charge in [0.15, 0.2) is 0 Å². The molecule has 2 aromatic carbocycles. The van der Waals surface area contributed by atoms with E-state index in [1.54, 1.807) is 12.1 Å². The fourth-order valence-electron chi connectivity index (χ4n) is 2.04. The van der Waals surface area contributed by atoms with Crippen LogP contribution in [-0.2, 0) is 0 Å². The maximum absolute atomic E-state index is 10.6. The SMILES string of the molecule is CCCC(COc1ccc([N+](=O)[O-])cc1)Oc1ccccc1. The summed E-state index contributed by atoms with van der Waals surface area (Å²) in [6.07, 6.45) is 1.81. The van der Waals surface area contributed by atoms with Crippen molar-refractivity contribution < 1.29 is 14.4 Å². The standard InChI is InChI=1S/C17H19NO4/c1-2-6-17(22-16-7-4-3-5-8-16)13-21-15-11-9-14(10-12-15)18(19)20/h3-5,7-12,17H,2,6,13H2,1H3. The number of nitro benzene ring substituents is 1. The van der Waals surface area contributed by atoms with Crippen LogP contribution >= 0.6 is 0 Å². The summed E-state index contributed by atoms with van der Waals surface area (Å²) in [6, 6.07) is 15.7. The van der Waals surface area contributed by atoms with Crippen LogP contribution in [0.3, 0.4) is 0 Å². The molecule has 0 aromatic heterocycles. The second-order valence-electron chi connectivity index (χ2n) is 4.90. The van der Waals surface area contributed by atoms with Gasteiger partial charge in [-0.15, -0.1) is 0 Å². The molecular weight excluding hydrogens is 282 g/mol. The number of nitro groups is 1. The Labute approximate surface area is 129 Å². The zero-order valence-corrected chi connectivity index (χ0v) is 12.5. The van der Waals surface area contributed by atoms with Gasteiger partial charge in [-0.25, -0.2) is 0 Å². The predicted octanol–water partition coefficient (Wildman–Crippen LogP) is 4.22. The lowest BCUT2D eigenvalue weighted by Crippen LogP contribution is -2.24. The van der Waals surface area contributed by atoms with Crippen LogP contribution in [-0.4, -0.2) is 17.6 Å². The molecule has 0 heterocycles. The molecule has 0 saturated carbocycles. The van der Waals surface area contributed by atoms with Crippen molar-refractivity contribution in [2.24, 2.45) is 0 Å². The molecule has 0 radical (unpaired) electrons. The van der Waals surface area contributed by atoms with E-state index in [9.17, 15) is 10.1 Å². The van der Waals surface area contributed by atoms with E-state index in [4.69, 9.17) is 9.47 Å². The molecule has 0 amide bonds. The summed E-state index contributed by atoms with van der Waals surface area (Å²) >= 11 is 0. The number of non-ortho nitro benzene ring substituents is 1. The molecule has 1 atom stereocenters. The van der Waals surface area contributed by atoms with Crippen LogP contribution in [0.4, 0.5) is 5.69 Å². The molecule has 2 rings (SSSR count). The lowest BCUT2D eigenvalue weighted by molar-refractivity contribution is -0.384. The molecule has 0 saturated heterocycles. The summed E-state index contributed by atoms with van der Waals surface area (Å²) in [5.74, 6) is 1.41. The van der Waals surface area contributed by atoms with Crippen molar-refractivity contribution in [3.05, 3.63) is 64.7 Å². The smallest absolute Gasteiger partial charge is 0.269 e. The van der Waals surface area contributed by atoms with Gasteiger partial charge in [0, 0.05) is 12.1 Å². The van der Waals surface area contributed by atoms with E-state index in [0.29, 0.717) is 12.4 Å². The van der Waals surface area contributed by atoms with Gasteiger partial charge in [-0.05, 0) is 30.7 Å². The van der Waals surface area contributed by atoms with Gasteiger partial charge in [0.2, 0.25) is 0 Å². The Morgan fingerprint density at radius 3 is 2.32 bits per heavy atom. The average Bonchev–Trinajstić information content (AvgIpc) is 2.54. The first kappa shape index (κ1) is 15.8. The second-order valence-corrected chi connectivity index (χ2v) is 4.90. The van der Waals surface area contributed by atoms with E-state index < -0.39 is 4.92 Å². The molecule has 0 N–H and O–H groups in total. The Kier molecular flexibility index (Phi) is 5.77. The van der Waals surface area contributed by atoms with Crippen LogP contribution < -0.4 is 9.47 Å². The van der Waals surface area contributed by atoms with Crippen molar-refractivity contribution in [3.63, 3.8) is 0 Å². The number of para-hydroxylation sites is 1. The first-order valence-electron chi connectivity index (χ1n) is 7.28. The van der Waals surface area contributed by atoms with E-state index in [1.165, 1.54) is 12.1 Å². The summed E-state index contributed by atoms with van der Waals surface area (Å²) in [5, 5.41) is 10.6. The highest BCUT2D eigenvalue weighted by Gasteiger charge is 2.11. The summed E-state index contributed by atoms with van der Waals surface area (Å²) in [4.78, 5) is 10.2. The molecule has 0 bridgehead atoms. The van der Waals surface area contributed by atoms with Crippen molar-refractivity contribution in [1.29, 1.82) is 0 Å². The summed E-state index contributed by atoms with van der Waals surface area (Å²) in [6.45, 7) is 2.49. The molecule has 0 aliphatic heterocycles. The van der Waals surface area contributed by atoms with Gasteiger partial charge in [0.05, 0.1) is 4.92 Å². The van der Waals surface area contributed by atoms with Gasteiger partial charge in [-0.2, -0.15) is 0 Å². The Hall–Kier alpha value is -2.56. The van der Waals surface area contributed by atoms with E-state index >= 15 is 0 Å². The largest absolute Gasteiger partial charge is 0.490 e. The molecule has 0 aliphatic carbocycles. The van der Waals surface area contributed by atoms with Crippen LogP contribution in [0.1, 0.15) is 19.8 Å². The molecule has 116 valence electrons. The molecule has 0 fully saturated rings. The quantitative estimate of drug-likeness (QED) is 0.541. The normalized spacial score (nSPS) is 11.7. The van der Waals surface area contributed by atoms with E-state index in [2.05, 4.69) is 6.92 Å². The van der Waals surface area contributed by atoms with Crippen molar-refractivity contribution >= 4 is 5.69 Å². The Bertz CT molecular complexity index is 583. The van der Waals surface area contributed by atoms with Crippen molar-refractivity contribution in [1.82, 2.24) is 0 Å². The zero-order valence-electron chi connectivity index (χ0n) is 12.5. The highest BCUT2D eigenvalue weighted by Crippen LogP contribution is 2.19. The lowest BCUT2D eigenvalue weighted by atomic mass is 10.2. The molecule has 0 aliphatic rings. The minimum atomic E-state index is -0.428. The van der Waals surface area contributed by atoms with Gasteiger partial charge in [0.25, 0.3) is 5.69 Å². The number of hydrogen-bond donors (Lipinski definition) is 0. The number of nitrogens with zero attached hydrogens (tertiary/aromatic N) is 1. The van der Waals surface area contributed by atoms with Gasteiger partial charge in [-0.1, -0.05) is 31.5 Å². The molecule has 2 aromatic rings. The lowest BCUT2D eigenvalue weighted by Gasteiger charge is -2.19. The van der Waals surface area contributed by atoms with Crippen LogP contribution in [0.15, 0.2) is 54.6 Å². The molecular formula is C17H19NO4. The molecule has 5 nitrogen and oxygen atoms in total. The Morgan fingerprint density at radius 1 is 1.05 bits per heavy atom. The topological polar surface area (TPSA) is 61.6 Å². The maximum atomic E-state index is 10.6. The third-order valence-electron chi connectivity index (χ3n) is 3.14. The second kappa shape index (κ2) is 8.02. The number of rotatable bonds is 8. The minimum absolute atomic E-state index is 0.0532. The summed E-state index contributed by atoms with van der Waals surface area (Å²) < 4.78 is 11.6. The molecule has 1 unspecified atom stereocenters.